The average Bonchev–Trinajstić information content (AvgIpc) is 2.54. The molecule has 0 saturated carbocycles. The Balaban J connectivity index is 1.79. The molecule has 0 aliphatic carbocycles. The van der Waals surface area contributed by atoms with Crippen LogP contribution in [0.4, 0.5) is 10.1 Å². The summed E-state index contributed by atoms with van der Waals surface area (Å²) >= 11 is 0. The van der Waals surface area contributed by atoms with Gasteiger partial charge in [0, 0.05) is 25.6 Å². The van der Waals surface area contributed by atoms with Crippen molar-refractivity contribution in [2.45, 2.75) is 18.9 Å². The second-order valence-electron chi connectivity index (χ2n) is 5.75. The second-order valence-corrected chi connectivity index (χ2v) is 5.75. The summed E-state index contributed by atoms with van der Waals surface area (Å²) in [6.07, 6.45) is 1.24. The topological polar surface area (TPSA) is 52.9 Å². The molecule has 2 N–H and O–H groups in total. The molecule has 1 aliphatic rings. The van der Waals surface area contributed by atoms with Crippen molar-refractivity contribution in [3.8, 4) is 11.5 Å². The first-order chi connectivity index (χ1) is 11.2. The maximum Gasteiger partial charge on any atom is 0.146 e. The van der Waals surface area contributed by atoms with Crippen molar-refractivity contribution >= 4 is 5.69 Å². The van der Waals surface area contributed by atoms with E-state index in [0.29, 0.717) is 25.1 Å². The van der Waals surface area contributed by atoms with Gasteiger partial charge in [-0.15, -0.1) is 0 Å². The number of rotatable bonds is 5. The van der Waals surface area contributed by atoms with Gasteiger partial charge in [-0.2, -0.15) is 0 Å². The summed E-state index contributed by atoms with van der Waals surface area (Å²) in [6.45, 7) is 1.54. The third-order valence-electron chi connectivity index (χ3n) is 3.96. The van der Waals surface area contributed by atoms with Crippen LogP contribution in [-0.2, 0) is 6.42 Å². The van der Waals surface area contributed by atoms with Crippen LogP contribution in [-0.4, -0.2) is 36.0 Å². The molecule has 2 aromatic carbocycles. The molecule has 1 unspecified atom stereocenters. The van der Waals surface area contributed by atoms with E-state index >= 15 is 0 Å². The van der Waals surface area contributed by atoms with Gasteiger partial charge in [0.15, 0.2) is 0 Å². The lowest BCUT2D eigenvalue weighted by atomic mass is 10.0. The van der Waals surface area contributed by atoms with E-state index in [9.17, 15) is 9.50 Å². The largest absolute Gasteiger partial charge is 0.508 e. The number of nitrogens with zero attached hydrogens (tertiary/aromatic N) is 1. The van der Waals surface area contributed by atoms with Gasteiger partial charge in [0.2, 0.25) is 0 Å². The first-order valence-corrected chi connectivity index (χ1v) is 7.75. The van der Waals surface area contributed by atoms with Crippen molar-refractivity contribution in [1.29, 1.82) is 0 Å². The smallest absolute Gasteiger partial charge is 0.146 e. The van der Waals surface area contributed by atoms with Gasteiger partial charge in [-0.25, -0.2) is 4.39 Å². The predicted octanol–water partition coefficient (Wildman–Crippen LogP) is 2.72. The maximum absolute atomic E-state index is 13.0. The normalized spacial score (nSPS) is 16.8. The minimum absolute atomic E-state index is 0.0894. The van der Waals surface area contributed by atoms with Crippen LogP contribution in [0, 0.1) is 5.82 Å². The SMILES string of the molecule is OCCCN1CC(Cc2ccc(F)cc2)Oc2cc(O)ccc21. The summed E-state index contributed by atoms with van der Waals surface area (Å²) in [5.74, 6) is 0.549. The zero-order valence-corrected chi connectivity index (χ0v) is 12.8. The molecule has 0 aromatic heterocycles. The first kappa shape index (κ1) is 15.6. The van der Waals surface area contributed by atoms with E-state index in [1.54, 1.807) is 24.3 Å². The van der Waals surface area contributed by atoms with E-state index in [1.807, 2.05) is 6.07 Å². The Bertz CT molecular complexity index is 660. The van der Waals surface area contributed by atoms with E-state index in [-0.39, 0.29) is 24.3 Å². The van der Waals surface area contributed by atoms with E-state index in [2.05, 4.69) is 4.90 Å². The number of fused-ring (bicyclic) bond motifs is 1. The molecule has 0 amide bonds. The minimum atomic E-state index is -0.252. The third-order valence-corrected chi connectivity index (χ3v) is 3.96. The molecule has 23 heavy (non-hydrogen) atoms. The van der Waals surface area contributed by atoms with Crippen molar-refractivity contribution in [3.05, 3.63) is 53.8 Å². The Morgan fingerprint density at radius 2 is 1.96 bits per heavy atom. The van der Waals surface area contributed by atoms with Crippen LogP contribution < -0.4 is 9.64 Å². The third kappa shape index (κ3) is 3.74. The van der Waals surface area contributed by atoms with Crippen molar-refractivity contribution in [2.24, 2.45) is 0 Å². The minimum Gasteiger partial charge on any atom is -0.508 e. The molecule has 3 rings (SSSR count). The first-order valence-electron chi connectivity index (χ1n) is 7.75. The lowest BCUT2D eigenvalue weighted by molar-refractivity contribution is 0.191. The fourth-order valence-electron chi connectivity index (χ4n) is 2.88. The van der Waals surface area contributed by atoms with E-state index in [0.717, 1.165) is 17.8 Å². The summed E-state index contributed by atoms with van der Waals surface area (Å²) in [5, 5.41) is 18.8. The summed E-state index contributed by atoms with van der Waals surface area (Å²) in [7, 11) is 0. The van der Waals surface area contributed by atoms with Crippen LogP contribution in [0.2, 0.25) is 0 Å². The van der Waals surface area contributed by atoms with Crippen LogP contribution in [0.1, 0.15) is 12.0 Å². The monoisotopic (exact) mass is 317 g/mol. The number of aromatic hydroxyl groups is 1. The van der Waals surface area contributed by atoms with E-state index in [1.165, 1.54) is 12.1 Å². The maximum atomic E-state index is 13.0. The van der Waals surface area contributed by atoms with Gasteiger partial charge in [-0.1, -0.05) is 12.1 Å². The number of phenols is 1. The van der Waals surface area contributed by atoms with Crippen LogP contribution >= 0.6 is 0 Å². The van der Waals surface area contributed by atoms with Crippen LogP contribution in [0.3, 0.4) is 0 Å². The number of aliphatic hydroxyl groups excluding tert-OH is 1. The van der Waals surface area contributed by atoms with E-state index in [4.69, 9.17) is 9.84 Å². The molecule has 2 aromatic rings. The molecular weight excluding hydrogens is 297 g/mol. The van der Waals surface area contributed by atoms with Gasteiger partial charge in [-0.3, -0.25) is 0 Å². The predicted molar refractivity (Wildman–Crippen MR) is 86.5 cm³/mol. The Morgan fingerprint density at radius 1 is 1.17 bits per heavy atom. The van der Waals surface area contributed by atoms with Gasteiger partial charge < -0.3 is 19.8 Å². The van der Waals surface area contributed by atoms with Crippen molar-refractivity contribution in [3.63, 3.8) is 0 Å². The molecule has 0 radical (unpaired) electrons. The number of phenolic OH excluding ortho intramolecular Hbond substituents is 1. The summed E-state index contributed by atoms with van der Waals surface area (Å²) in [5.41, 5.74) is 1.92. The number of aliphatic hydroxyl groups is 1. The van der Waals surface area contributed by atoms with Crippen LogP contribution in [0.25, 0.3) is 0 Å². The fourth-order valence-corrected chi connectivity index (χ4v) is 2.88. The van der Waals surface area contributed by atoms with Gasteiger partial charge in [0.05, 0.1) is 12.2 Å². The molecule has 1 atom stereocenters. The zero-order valence-electron chi connectivity index (χ0n) is 12.8. The molecule has 122 valence electrons. The number of hydrogen-bond acceptors (Lipinski definition) is 4. The number of ether oxygens (including phenoxy) is 1. The highest BCUT2D eigenvalue weighted by atomic mass is 19.1. The van der Waals surface area contributed by atoms with Gasteiger partial charge in [0.1, 0.15) is 23.4 Å². The molecular formula is C18H20FNO3. The lowest BCUT2D eigenvalue weighted by Gasteiger charge is -2.36. The Hall–Kier alpha value is -2.27. The summed E-state index contributed by atoms with van der Waals surface area (Å²) < 4.78 is 19.0. The molecule has 1 heterocycles. The molecule has 1 aliphatic heterocycles. The second kappa shape index (κ2) is 6.87. The van der Waals surface area contributed by atoms with Gasteiger partial charge in [0.25, 0.3) is 0 Å². The highest BCUT2D eigenvalue weighted by Gasteiger charge is 2.26. The quantitative estimate of drug-likeness (QED) is 0.890. The Morgan fingerprint density at radius 3 is 2.70 bits per heavy atom. The van der Waals surface area contributed by atoms with Gasteiger partial charge in [-0.05, 0) is 36.2 Å². The molecule has 4 nitrogen and oxygen atoms in total. The number of halogens is 1. The molecule has 0 spiro atoms. The highest BCUT2D eigenvalue weighted by molar-refractivity contribution is 5.62. The lowest BCUT2D eigenvalue weighted by Crippen LogP contribution is -2.41. The van der Waals surface area contributed by atoms with Crippen molar-refractivity contribution in [1.82, 2.24) is 0 Å². The van der Waals surface area contributed by atoms with Gasteiger partial charge >= 0.3 is 0 Å². The number of anilines is 1. The number of hydrogen-bond donors (Lipinski definition) is 2. The molecule has 5 heteroatoms. The standard InChI is InChI=1S/C18H20FNO3/c19-14-4-2-13(3-5-14)10-16-12-20(8-1-9-21)17-7-6-15(22)11-18(17)23-16/h2-7,11,16,21-22H,1,8-10,12H2. The van der Waals surface area contributed by atoms with Crippen LogP contribution in [0.5, 0.6) is 11.5 Å². The average molecular weight is 317 g/mol. The molecule has 0 fully saturated rings. The zero-order chi connectivity index (χ0) is 16.2. The van der Waals surface area contributed by atoms with Crippen molar-refractivity contribution in [2.75, 3.05) is 24.6 Å². The molecule has 0 saturated heterocycles. The highest BCUT2D eigenvalue weighted by Crippen LogP contribution is 2.36. The van der Waals surface area contributed by atoms with Crippen molar-refractivity contribution < 1.29 is 19.3 Å². The van der Waals surface area contributed by atoms with Crippen LogP contribution in [0.15, 0.2) is 42.5 Å². The van der Waals surface area contributed by atoms with E-state index < -0.39 is 0 Å². The Labute approximate surface area is 134 Å². The molecule has 0 bridgehead atoms. The number of benzene rings is 2. The summed E-state index contributed by atoms with van der Waals surface area (Å²) in [6, 6.07) is 11.5. The Kier molecular flexibility index (Phi) is 4.67. The summed E-state index contributed by atoms with van der Waals surface area (Å²) in [4.78, 5) is 2.16. The fraction of sp³-hybridized carbons (Fsp3) is 0.333.